The summed E-state index contributed by atoms with van der Waals surface area (Å²) in [5, 5.41) is 12.8. The number of benzene rings is 2. The molecule has 0 aliphatic heterocycles. The van der Waals surface area contributed by atoms with Crippen LogP contribution in [0.5, 0.6) is 0 Å². The van der Waals surface area contributed by atoms with Gasteiger partial charge >= 0.3 is 0 Å². The Hall–Kier alpha value is -2.15. The SMILES string of the molecule is COCCNC(C#N)C(c1ccccc1)c1ccccc1. The fourth-order valence-corrected chi connectivity index (χ4v) is 2.45. The molecule has 2 rings (SSSR count). The van der Waals surface area contributed by atoms with E-state index < -0.39 is 0 Å². The maximum atomic E-state index is 9.57. The van der Waals surface area contributed by atoms with Crippen LogP contribution in [0.15, 0.2) is 60.7 Å². The summed E-state index contributed by atoms with van der Waals surface area (Å²) in [6.45, 7) is 1.25. The van der Waals surface area contributed by atoms with Gasteiger partial charge < -0.3 is 4.74 Å². The Labute approximate surface area is 126 Å². The van der Waals surface area contributed by atoms with Crippen LogP contribution in [0.25, 0.3) is 0 Å². The van der Waals surface area contributed by atoms with Gasteiger partial charge in [0.2, 0.25) is 0 Å². The second-order valence-electron chi connectivity index (χ2n) is 4.85. The number of nitrogens with zero attached hydrogens (tertiary/aromatic N) is 1. The van der Waals surface area contributed by atoms with Crippen LogP contribution in [0.1, 0.15) is 17.0 Å². The predicted octanol–water partition coefficient (Wildman–Crippen LogP) is 2.95. The van der Waals surface area contributed by atoms with Crippen molar-refractivity contribution in [2.75, 3.05) is 20.3 Å². The van der Waals surface area contributed by atoms with Crippen LogP contribution < -0.4 is 5.32 Å². The maximum Gasteiger partial charge on any atom is 0.106 e. The average Bonchev–Trinajstić information content (AvgIpc) is 2.56. The molecule has 108 valence electrons. The number of methoxy groups -OCH3 is 1. The summed E-state index contributed by atoms with van der Waals surface area (Å²) in [5.41, 5.74) is 2.28. The minimum Gasteiger partial charge on any atom is -0.383 e. The van der Waals surface area contributed by atoms with Crippen molar-refractivity contribution in [1.82, 2.24) is 5.32 Å². The topological polar surface area (TPSA) is 45.0 Å². The van der Waals surface area contributed by atoms with Gasteiger partial charge in [0.1, 0.15) is 6.04 Å². The van der Waals surface area contributed by atoms with Gasteiger partial charge in [0.25, 0.3) is 0 Å². The molecule has 3 heteroatoms. The normalized spacial score (nSPS) is 12.0. The maximum absolute atomic E-state index is 9.57. The lowest BCUT2D eigenvalue weighted by Crippen LogP contribution is -2.36. The minimum atomic E-state index is -0.287. The molecular formula is C18H20N2O. The van der Waals surface area contributed by atoms with E-state index >= 15 is 0 Å². The van der Waals surface area contributed by atoms with Crippen LogP contribution in [-0.2, 0) is 4.74 Å². The molecule has 0 radical (unpaired) electrons. The molecule has 0 aliphatic carbocycles. The predicted molar refractivity (Wildman–Crippen MR) is 84.0 cm³/mol. The quantitative estimate of drug-likeness (QED) is 0.793. The molecule has 0 heterocycles. The number of hydrogen-bond acceptors (Lipinski definition) is 3. The molecule has 21 heavy (non-hydrogen) atoms. The number of nitriles is 1. The van der Waals surface area contributed by atoms with E-state index in [1.54, 1.807) is 7.11 Å². The largest absolute Gasteiger partial charge is 0.383 e. The zero-order valence-corrected chi connectivity index (χ0v) is 12.2. The van der Waals surface area contributed by atoms with Crippen molar-refractivity contribution in [2.45, 2.75) is 12.0 Å². The lowest BCUT2D eigenvalue weighted by atomic mass is 9.85. The van der Waals surface area contributed by atoms with Crippen molar-refractivity contribution >= 4 is 0 Å². The second-order valence-corrected chi connectivity index (χ2v) is 4.85. The Bertz CT molecular complexity index is 523. The fraction of sp³-hybridized carbons (Fsp3) is 0.278. The number of ether oxygens (including phenoxy) is 1. The highest BCUT2D eigenvalue weighted by atomic mass is 16.5. The molecule has 2 aromatic rings. The highest BCUT2D eigenvalue weighted by Crippen LogP contribution is 2.27. The van der Waals surface area contributed by atoms with Crippen LogP contribution in [0.2, 0.25) is 0 Å². The van der Waals surface area contributed by atoms with Gasteiger partial charge in [-0.3, -0.25) is 5.32 Å². The van der Waals surface area contributed by atoms with Crippen LogP contribution >= 0.6 is 0 Å². The Morgan fingerprint density at radius 3 is 1.95 bits per heavy atom. The first-order valence-electron chi connectivity index (χ1n) is 7.08. The number of hydrogen-bond donors (Lipinski definition) is 1. The smallest absolute Gasteiger partial charge is 0.106 e. The van der Waals surface area contributed by atoms with Gasteiger partial charge in [-0.15, -0.1) is 0 Å². The van der Waals surface area contributed by atoms with Gasteiger partial charge in [-0.1, -0.05) is 60.7 Å². The first-order chi connectivity index (χ1) is 10.4. The summed E-state index contributed by atoms with van der Waals surface area (Å²) in [5.74, 6) is 0.00857. The average molecular weight is 280 g/mol. The van der Waals surface area contributed by atoms with E-state index in [1.165, 1.54) is 0 Å². The van der Waals surface area contributed by atoms with E-state index in [-0.39, 0.29) is 12.0 Å². The van der Waals surface area contributed by atoms with Gasteiger partial charge in [0, 0.05) is 19.6 Å². The van der Waals surface area contributed by atoms with E-state index in [0.29, 0.717) is 13.2 Å². The number of rotatable bonds is 7. The van der Waals surface area contributed by atoms with Crippen molar-refractivity contribution in [3.05, 3.63) is 71.8 Å². The van der Waals surface area contributed by atoms with Crippen molar-refractivity contribution in [3.63, 3.8) is 0 Å². The molecule has 0 fully saturated rings. The van der Waals surface area contributed by atoms with Crippen molar-refractivity contribution in [2.24, 2.45) is 0 Å². The van der Waals surface area contributed by atoms with Crippen molar-refractivity contribution < 1.29 is 4.74 Å². The first-order valence-corrected chi connectivity index (χ1v) is 7.08. The van der Waals surface area contributed by atoms with Gasteiger partial charge in [0.05, 0.1) is 12.7 Å². The molecular weight excluding hydrogens is 260 g/mol. The van der Waals surface area contributed by atoms with Gasteiger partial charge in [-0.2, -0.15) is 5.26 Å². The molecule has 1 atom stereocenters. The highest BCUT2D eigenvalue weighted by Gasteiger charge is 2.24. The van der Waals surface area contributed by atoms with E-state index in [9.17, 15) is 5.26 Å². The molecule has 0 spiro atoms. The lowest BCUT2D eigenvalue weighted by molar-refractivity contribution is 0.197. The Morgan fingerprint density at radius 2 is 1.52 bits per heavy atom. The Morgan fingerprint density at radius 1 is 1.00 bits per heavy atom. The van der Waals surface area contributed by atoms with Crippen LogP contribution in [0, 0.1) is 11.3 Å². The van der Waals surface area contributed by atoms with Crippen molar-refractivity contribution in [3.8, 4) is 6.07 Å². The molecule has 3 nitrogen and oxygen atoms in total. The molecule has 0 saturated heterocycles. The summed E-state index contributed by atoms with van der Waals surface area (Å²) in [6, 6.07) is 22.4. The third-order valence-corrected chi connectivity index (χ3v) is 3.46. The van der Waals surface area contributed by atoms with Crippen LogP contribution in [0.4, 0.5) is 0 Å². The zero-order chi connectivity index (χ0) is 14.9. The third-order valence-electron chi connectivity index (χ3n) is 3.46. The summed E-state index contributed by atoms with van der Waals surface area (Å²) >= 11 is 0. The summed E-state index contributed by atoms with van der Waals surface area (Å²) in [7, 11) is 1.66. The summed E-state index contributed by atoms with van der Waals surface area (Å²) in [4.78, 5) is 0. The van der Waals surface area contributed by atoms with E-state index in [0.717, 1.165) is 11.1 Å². The second kappa shape index (κ2) is 8.21. The molecule has 0 saturated carbocycles. The van der Waals surface area contributed by atoms with E-state index in [2.05, 4.69) is 35.7 Å². The molecule has 2 aromatic carbocycles. The fourth-order valence-electron chi connectivity index (χ4n) is 2.45. The summed E-state index contributed by atoms with van der Waals surface area (Å²) < 4.78 is 5.06. The lowest BCUT2D eigenvalue weighted by Gasteiger charge is -2.24. The van der Waals surface area contributed by atoms with Crippen LogP contribution in [-0.4, -0.2) is 26.3 Å². The van der Waals surface area contributed by atoms with Crippen molar-refractivity contribution in [1.29, 1.82) is 5.26 Å². The van der Waals surface area contributed by atoms with Gasteiger partial charge in [-0.05, 0) is 11.1 Å². The van der Waals surface area contributed by atoms with Gasteiger partial charge in [-0.25, -0.2) is 0 Å². The molecule has 0 aliphatic rings. The monoisotopic (exact) mass is 280 g/mol. The highest BCUT2D eigenvalue weighted by molar-refractivity contribution is 5.36. The molecule has 0 bridgehead atoms. The first kappa shape index (κ1) is 15.2. The Balaban J connectivity index is 2.29. The molecule has 1 N–H and O–H groups in total. The molecule has 0 amide bonds. The summed E-state index contributed by atoms with van der Waals surface area (Å²) in [6.07, 6.45) is 0. The van der Waals surface area contributed by atoms with Gasteiger partial charge in [0.15, 0.2) is 0 Å². The third kappa shape index (κ3) is 4.16. The number of nitrogens with one attached hydrogen (secondary N) is 1. The zero-order valence-electron chi connectivity index (χ0n) is 12.2. The molecule has 0 aromatic heterocycles. The van der Waals surface area contributed by atoms with E-state index in [4.69, 9.17) is 4.74 Å². The van der Waals surface area contributed by atoms with Crippen LogP contribution in [0.3, 0.4) is 0 Å². The standard InChI is InChI=1S/C18H20N2O/c1-21-13-12-20-17(14-19)18(15-8-4-2-5-9-15)16-10-6-3-7-11-16/h2-11,17-18,20H,12-13H2,1H3. The molecule has 1 unspecified atom stereocenters. The minimum absolute atomic E-state index is 0.00857. The Kier molecular flexibility index (Phi) is 5.96. The van der Waals surface area contributed by atoms with E-state index in [1.807, 2.05) is 36.4 Å².